The second-order valence-electron chi connectivity index (χ2n) is 4.84. The minimum absolute atomic E-state index is 0.115. The summed E-state index contributed by atoms with van der Waals surface area (Å²) in [5.41, 5.74) is 1.68. The van der Waals surface area contributed by atoms with Crippen LogP contribution in [0.1, 0.15) is 30.1 Å². The first-order valence-electron chi connectivity index (χ1n) is 7.11. The maximum absolute atomic E-state index is 12.2. The molecule has 1 N–H and O–H groups in total. The highest BCUT2D eigenvalue weighted by molar-refractivity contribution is 6.06. The number of esters is 1. The van der Waals surface area contributed by atoms with E-state index in [0.29, 0.717) is 31.6 Å². The van der Waals surface area contributed by atoms with Crippen molar-refractivity contribution in [1.29, 1.82) is 0 Å². The molecule has 2 rings (SSSR count). The summed E-state index contributed by atoms with van der Waals surface area (Å²) in [5, 5.41) is 3.78. The first kappa shape index (κ1) is 15.1. The highest BCUT2D eigenvalue weighted by Gasteiger charge is 2.13. The quantitative estimate of drug-likeness (QED) is 0.655. The van der Waals surface area contributed by atoms with E-state index in [1.54, 1.807) is 6.92 Å². The number of ether oxygens (including phenoxy) is 1. The van der Waals surface area contributed by atoms with Crippen LogP contribution >= 0.6 is 0 Å². The van der Waals surface area contributed by atoms with E-state index in [9.17, 15) is 9.59 Å². The van der Waals surface area contributed by atoms with E-state index in [1.165, 1.54) is 0 Å². The summed E-state index contributed by atoms with van der Waals surface area (Å²) in [7, 11) is 1.92. The zero-order valence-electron chi connectivity index (χ0n) is 12.4. The first-order valence-corrected chi connectivity index (χ1v) is 7.11. The van der Waals surface area contributed by atoms with Crippen molar-refractivity contribution in [3.63, 3.8) is 0 Å². The van der Waals surface area contributed by atoms with Gasteiger partial charge < -0.3 is 14.6 Å². The van der Waals surface area contributed by atoms with Crippen molar-refractivity contribution in [2.24, 2.45) is 7.05 Å². The van der Waals surface area contributed by atoms with Crippen molar-refractivity contribution in [2.45, 2.75) is 19.8 Å². The number of rotatable bonds is 6. The van der Waals surface area contributed by atoms with E-state index in [1.807, 2.05) is 42.1 Å². The number of aryl methyl sites for hydroxylation is 1. The normalized spacial score (nSPS) is 10.6. The van der Waals surface area contributed by atoms with Gasteiger partial charge in [-0.2, -0.15) is 0 Å². The maximum Gasteiger partial charge on any atom is 0.305 e. The van der Waals surface area contributed by atoms with E-state index in [4.69, 9.17) is 4.74 Å². The zero-order chi connectivity index (χ0) is 15.2. The summed E-state index contributed by atoms with van der Waals surface area (Å²) in [6, 6.07) is 7.78. The van der Waals surface area contributed by atoms with Crippen LogP contribution < -0.4 is 5.32 Å². The maximum atomic E-state index is 12.2. The van der Waals surface area contributed by atoms with Gasteiger partial charge in [-0.1, -0.05) is 18.2 Å². The van der Waals surface area contributed by atoms with Crippen molar-refractivity contribution >= 4 is 22.8 Å². The minimum atomic E-state index is -0.225. The van der Waals surface area contributed by atoms with E-state index < -0.39 is 0 Å². The fourth-order valence-corrected chi connectivity index (χ4v) is 2.29. The predicted molar refractivity (Wildman–Crippen MR) is 81.1 cm³/mol. The number of amides is 1. The smallest absolute Gasteiger partial charge is 0.305 e. The summed E-state index contributed by atoms with van der Waals surface area (Å²) in [6.45, 7) is 2.63. The van der Waals surface area contributed by atoms with E-state index >= 15 is 0 Å². The lowest BCUT2D eigenvalue weighted by atomic mass is 10.1. The Balaban J connectivity index is 1.92. The van der Waals surface area contributed by atoms with Gasteiger partial charge in [-0.15, -0.1) is 0 Å². The third-order valence-corrected chi connectivity index (χ3v) is 3.29. The monoisotopic (exact) mass is 288 g/mol. The number of benzene rings is 1. The number of hydrogen-bond acceptors (Lipinski definition) is 3. The van der Waals surface area contributed by atoms with E-state index in [0.717, 1.165) is 10.9 Å². The molecule has 0 unspecified atom stereocenters. The highest BCUT2D eigenvalue weighted by atomic mass is 16.5. The Morgan fingerprint density at radius 3 is 2.81 bits per heavy atom. The van der Waals surface area contributed by atoms with Crippen LogP contribution in [0.5, 0.6) is 0 Å². The molecule has 21 heavy (non-hydrogen) atoms. The Hall–Kier alpha value is -2.30. The van der Waals surface area contributed by atoms with Crippen LogP contribution in [-0.4, -0.2) is 29.6 Å². The molecule has 0 saturated carbocycles. The van der Waals surface area contributed by atoms with Crippen LogP contribution in [0.3, 0.4) is 0 Å². The molecule has 1 aromatic heterocycles. The Morgan fingerprint density at radius 2 is 2.05 bits per heavy atom. The molecular formula is C16H20N2O3. The topological polar surface area (TPSA) is 60.3 Å². The molecule has 1 heterocycles. The van der Waals surface area contributed by atoms with Crippen molar-refractivity contribution in [3.05, 3.63) is 36.0 Å². The van der Waals surface area contributed by atoms with Crippen LogP contribution in [-0.2, 0) is 16.6 Å². The van der Waals surface area contributed by atoms with Crippen molar-refractivity contribution in [1.82, 2.24) is 9.88 Å². The molecule has 0 spiro atoms. The molecule has 0 aliphatic heterocycles. The third kappa shape index (κ3) is 3.62. The average Bonchev–Trinajstić information content (AvgIpc) is 2.82. The van der Waals surface area contributed by atoms with Crippen LogP contribution in [0.15, 0.2) is 30.5 Å². The second kappa shape index (κ2) is 6.92. The number of fused-ring (bicyclic) bond motifs is 1. The van der Waals surface area contributed by atoms with E-state index in [-0.39, 0.29) is 11.9 Å². The largest absolute Gasteiger partial charge is 0.466 e. The van der Waals surface area contributed by atoms with Crippen molar-refractivity contribution in [2.75, 3.05) is 13.2 Å². The molecule has 0 atom stereocenters. The number of aromatic nitrogens is 1. The summed E-state index contributed by atoms with van der Waals surface area (Å²) < 4.78 is 6.77. The van der Waals surface area contributed by atoms with Gasteiger partial charge in [-0.3, -0.25) is 9.59 Å². The van der Waals surface area contributed by atoms with Crippen LogP contribution in [0, 0.1) is 0 Å². The minimum Gasteiger partial charge on any atom is -0.466 e. The molecule has 0 aliphatic rings. The van der Waals surface area contributed by atoms with Crippen molar-refractivity contribution in [3.8, 4) is 0 Å². The molecule has 0 aliphatic carbocycles. The fourth-order valence-electron chi connectivity index (χ4n) is 2.29. The molecule has 0 fully saturated rings. The van der Waals surface area contributed by atoms with Crippen LogP contribution in [0.2, 0.25) is 0 Å². The lowest BCUT2D eigenvalue weighted by Gasteiger charge is -2.04. The van der Waals surface area contributed by atoms with Gasteiger partial charge in [-0.05, 0) is 19.4 Å². The van der Waals surface area contributed by atoms with Gasteiger partial charge >= 0.3 is 5.97 Å². The number of carbonyl (C=O) groups excluding carboxylic acids is 2. The summed E-state index contributed by atoms with van der Waals surface area (Å²) in [5.74, 6) is -0.340. The van der Waals surface area contributed by atoms with Crippen molar-refractivity contribution < 1.29 is 14.3 Å². The molecule has 0 bridgehead atoms. The van der Waals surface area contributed by atoms with Crippen LogP contribution in [0.25, 0.3) is 10.9 Å². The fraction of sp³-hybridized carbons (Fsp3) is 0.375. The Kier molecular flexibility index (Phi) is 4.98. The van der Waals surface area contributed by atoms with Gasteiger partial charge in [0.25, 0.3) is 5.91 Å². The first-order chi connectivity index (χ1) is 10.1. The summed E-state index contributed by atoms with van der Waals surface area (Å²) >= 11 is 0. The number of nitrogens with zero attached hydrogens (tertiary/aromatic N) is 1. The Bertz CT molecular complexity index is 646. The van der Waals surface area contributed by atoms with E-state index in [2.05, 4.69) is 5.32 Å². The third-order valence-electron chi connectivity index (χ3n) is 3.29. The summed E-state index contributed by atoms with van der Waals surface area (Å²) in [6.07, 6.45) is 2.73. The molecular weight excluding hydrogens is 268 g/mol. The lowest BCUT2D eigenvalue weighted by molar-refractivity contribution is -0.143. The van der Waals surface area contributed by atoms with Gasteiger partial charge in [0.05, 0.1) is 12.2 Å². The molecule has 112 valence electrons. The number of carbonyl (C=O) groups is 2. The highest BCUT2D eigenvalue weighted by Crippen LogP contribution is 2.19. The molecule has 1 aromatic carbocycles. The van der Waals surface area contributed by atoms with Crippen LogP contribution in [0.4, 0.5) is 0 Å². The summed E-state index contributed by atoms with van der Waals surface area (Å²) in [4.78, 5) is 23.4. The zero-order valence-corrected chi connectivity index (χ0v) is 12.4. The van der Waals surface area contributed by atoms with Gasteiger partial charge in [0.2, 0.25) is 0 Å². The number of nitrogens with one attached hydrogen (secondary N) is 1. The molecule has 0 radical (unpaired) electrons. The average molecular weight is 288 g/mol. The number of hydrogen-bond donors (Lipinski definition) is 1. The Morgan fingerprint density at radius 1 is 1.29 bits per heavy atom. The van der Waals surface area contributed by atoms with Gasteiger partial charge in [-0.25, -0.2) is 0 Å². The predicted octanol–water partition coefficient (Wildman–Crippen LogP) is 2.25. The van der Waals surface area contributed by atoms with Gasteiger partial charge in [0.1, 0.15) is 0 Å². The molecule has 2 aromatic rings. The Labute approximate surface area is 123 Å². The number of para-hydroxylation sites is 1. The molecule has 1 amide bonds. The van der Waals surface area contributed by atoms with Gasteiger partial charge in [0, 0.05) is 37.1 Å². The lowest BCUT2D eigenvalue weighted by Crippen LogP contribution is -2.24. The van der Waals surface area contributed by atoms with Gasteiger partial charge in [0.15, 0.2) is 0 Å². The molecule has 5 nitrogen and oxygen atoms in total. The molecule has 5 heteroatoms. The SMILES string of the molecule is CCOC(=O)CCCNC(=O)c1cn(C)c2ccccc12. The standard InChI is InChI=1S/C16H20N2O3/c1-3-21-15(19)9-6-10-17-16(20)13-11-18(2)14-8-5-4-7-12(13)14/h4-5,7-8,11H,3,6,9-10H2,1-2H3,(H,17,20). The molecule has 0 saturated heterocycles. The second-order valence-corrected chi connectivity index (χ2v) is 4.84.